The van der Waals surface area contributed by atoms with Crippen molar-refractivity contribution in [2.75, 3.05) is 33.4 Å². The summed E-state index contributed by atoms with van der Waals surface area (Å²) >= 11 is 0. The zero-order valence-corrected chi connectivity index (χ0v) is 11.8. The molecule has 0 saturated carbocycles. The largest absolute Gasteiger partial charge is 0.383 e. The number of nitriles is 1. The first-order valence-electron chi connectivity index (χ1n) is 6.64. The maximum Gasteiger partial charge on any atom is 0.231 e. The normalized spacial score (nSPS) is 11.7. The summed E-state index contributed by atoms with van der Waals surface area (Å²) in [7, 11) is 1.59. The quantitative estimate of drug-likeness (QED) is 0.771. The lowest BCUT2D eigenvalue weighted by molar-refractivity contribution is -0.133. The summed E-state index contributed by atoms with van der Waals surface area (Å²) in [5.74, 6) is -0.419. The topological polar surface area (TPSA) is 79.3 Å². The SMILES string of the molecule is COCCN(CCC#N)C(=O)C(CN)c1ccccc1. The van der Waals surface area contributed by atoms with Gasteiger partial charge in [-0.1, -0.05) is 30.3 Å². The van der Waals surface area contributed by atoms with E-state index < -0.39 is 0 Å². The second-order valence-electron chi connectivity index (χ2n) is 4.43. The lowest BCUT2D eigenvalue weighted by Gasteiger charge is -2.26. The van der Waals surface area contributed by atoms with Crippen molar-refractivity contribution in [3.05, 3.63) is 35.9 Å². The number of hydrogen-bond donors (Lipinski definition) is 1. The van der Waals surface area contributed by atoms with E-state index in [1.54, 1.807) is 12.0 Å². The van der Waals surface area contributed by atoms with Gasteiger partial charge < -0.3 is 15.4 Å². The molecule has 2 N–H and O–H groups in total. The molecule has 0 aliphatic rings. The van der Waals surface area contributed by atoms with Crippen molar-refractivity contribution in [2.45, 2.75) is 12.3 Å². The molecule has 0 fully saturated rings. The Bertz CT molecular complexity index is 442. The number of rotatable bonds is 8. The van der Waals surface area contributed by atoms with Crippen molar-refractivity contribution >= 4 is 5.91 Å². The van der Waals surface area contributed by atoms with Crippen LogP contribution in [0.5, 0.6) is 0 Å². The van der Waals surface area contributed by atoms with E-state index in [0.717, 1.165) is 5.56 Å². The van der Waals surface area contributed by atoms with Crippen LogP contribution < -0.4 is 5.73 Å². The van der Waals surface area contributed by atoms with Crippen LogP contribution in [-0.4, -0.2) is 44.2 Å². The highest BCUT2D eigenvalue weighted by atomic mass is 16.5. The summed E-state index contributed by atoms with van der Waals surface area (Å²) < 4.78 is 5.01. The zero-order chi connectivity index (χ0) is 14.8. The Labute approximate surface area is 119 Å². The van der Waals surface area contributed by atoms with Crippen LogP contribution in [0, 0.1) is 11.3 Å². The van der Waals surface area contributed by atoms with Crippen LogP contribution in [-0.2, 0) is 9.53 Å². The first-order valence-corrected chi connectivity index (χ1v) is 6.64. The van der Waals surface area contributed by atoms with E-state index in [-0.39, 0.29) is 18.4 Å². The van der Waals surface area contributed by atoms with E-state index in [1.807, 2.05) is 30.3 Å². The van der Waals surface area contributed by atoms with Crippen LogP contribution in [0.2, 0.25) is 0 Å². The summed E-state index contributed by atoms with van der Waals surface area (Å²) in [6, 6.07) is 11.5. The molecule has 1 amide bonds. The predicted molar refractivity (Wildman–Crippen MR) is 76.9 cm³/mol. The van der Waals surface area contributed by atoms with Crippen molar-refractivity contribution < 1.29 is 9.53 Å². The number of methoxy groups -OCH3 is 1. The molecule has 5 nitrogen and oxygen atoms in total. The molecule has 5 heteroatoms. The average Bonchev–Trinajstić information content (AvgIpc) is 2.49. The van der Waals surface area contributed by atoms with Gasteiger partial charge in [0.05, 0.1) is 25.0 Å². The van der Waals surface area contributed by atoms with Crippen LogP contribution in [0.25, 0.3) is 0 Å². The molecule has 0 aliphatic heterocycles. The van der Waals surface area contributed by atoms with Gasteiger partial charge in [0.15, 0.2) is 0 Å². The van der Waals surface area contributed by atoms with E-state index in [9.17, 15) is 4.79 Å². The van der Waals surface area contributed by atoms with Crippen molar-refractivity contribution in [2.24, 2.45) is 5.73 Å². The summed E-state index contributed by atoms with van der Waals surface area (Å²) in [6.07, 6.45) is 0.307. The molecule has 0 aromatic heterocycles. The Morgan fingerprint density at radius 1 is 1.40 bits per heavy atom. The summed E-state index contributed by atoms with van der Waals surface area (Å²) in [6.45, 7) is 1.57. The third kappa shape index (κ3) is 4.65. The molecule has 1 aromatic carbocycles. The van der Waals surface area contributed by atoms with Crippen molar-refractivity contribution in [1.29, 1.82) is 5.26 Å². The number of ether oxygens (including phenoxy) is 1. The monoisotopic (exact) mass is 275 g/mol. The van der Waals surface area contributed by atoms with Crippen LogP contribution in [0.1, 0.15) is 17.9 Å². The Kier molecular flexibility index (Phi) is 7.33. The Morgan fingerprint density at radius 3 is 2.65 bits per heavy atom. The first-order chi connectivity index (χ1) is 9.74. The minimum atomic E-state index is -0.369. The first kappa shape index (κ1) is 16.2. The molecule has 0 spiro atoms. The second-order valence-corrected chi connectivity index (χ2v) is 4.43. The standard InChI is InChI=1S/C15H21N3O2/c1-20-11-10-18(9-5-8-16)15(19)14(12-17)13-6-3-2-4-7-13/h2-4,6-7,14H,5,9-12,17H2,1H3. The Balaban J connectivity index is 2.82. The van der Waals surface area contributed by atoms with Gasteiger partial charge in [0.2, 0.25) is 5.91 Å². The number of nitrogens with zero attached hydrogens (tertiary/aromatic N) is 2. The smallest absolute Gasteiger partial charge is 0.231 e. The number of amides is 1. The molecule has 0 aliphatic carbocycles. The number of carbonyl (C=O) groups excluding carboxylic acids is 1. The summed E-state index contributed by atoms with van der Waals surface area (Å²) in [4.78, 5) is 14.2. The fraction of sp³-hybridized carbons (Fsp3) is 0.467. The van der Waals surface area contributed by atoms with E-state index in [2.05, 4.69) is 6.07 Å². The number of benzene rings is 1. The van der Waals surface area contributed by atoms with Gasteiger partial charge in [-0.2, -0.15) is 5.26 Å². The van der Waals surface area contributed by atoms with Gasteiger partial charge in [0.25, 0.3) is 0 Å². The predicted octanol–water partition coefficient (Wildman–Crippen LogP) is 1.12. The highest BCUT2D eigenvalue weighted by Gasteiger charge is 2.24. The minimum Gasteiger partial charge on any atom is -0.383 e. The maximum atomic E-state index is 12.6. The second kappa shape index (κ2) is 9.08. The third-order valence-corrected chi connectivity index (χ3v) is 3.11. The van der Waals surface area contributed by atoms with E-state index in [0.29, 0.717) is 26.1 Å². The minimum absolute atomic E-state index is 0.0500. The Morgan fingerprint density at radius 2 is 2.10 bits per heavy atom. The van der Waals surface area contributed by atoms with E-state index in [1.165, 1.54) is 0 Å². The van der Waals surface area contributed by atoms with Gasteiger partial charge in [-0.25, -0.2) is 0 Å². The molecule has 0 heterocycles. The van der Waals surface area contributed by atoms with Crippen molar-refractivity contribution in [3.63, 3.8) is 0 Å². The summed E-state index contributed by atoms with van der Waals surface area (Å²) in [5.41, 5.74) is 6.66. The molecule has 0 radical (unpaired) electrons. The van der Waals surface area contributed by atoms with E-state index >= 15 is 0 Å². The maximum absolute atomic E-state index is 12.6. The van der Waals surface area contributed by atoms with Crippen LogP contribution in [0.4, 0.5) is 0 Å². The molecule has 1 atom stereocenters. The van der Waals surface area contributed by atoms with Gasteiger partial charge >= 0.3 is 0 Å². The number of hydrogen-bond acceptors (Lipinski definition) is 4. The van der Waals surface area contributed by atoms with Crippen LogP contribution in [0.15, 0.2) is 30.3 Å². The lowest BCUT2D eigenvalue weighted by Crippen LogP contribution is -2.40. The van der Waals surface area contributed by atoms with Crippen LogP contribution >= 0.6 is 0 Å². The highest BCUT2D eigenvalue weighted by Crippen LogP contribution is 2.17. The van der Waals surface area contributed by atoms with Gasteiger partial charge in [-0.3, -0.25) is 4.79 Å². The highest BCUT2D eigenvalue weighted by molar-refractivity contribution is 5.84. The molecule has 108 valence electrons. The number of carbonyl (C=O) groups is 1. The molecule has 1 rings (SSSR count). The lowest BCUT2D eigenvalue weighted by atomic mass is 9.97. The molecular formula is C15H21N3O2. The van der Waals surface area contributed by atoms with E-state index in [4.69, 9.17) is 15.7 Å². The van der Waals surface area contributed by atoms with Gasteiger partial charge in [-0.15, -0.1) is 0 Å². The molecular weight excluding hydrogens is 254 g/mol. The van der Waals surface area contributed by atoms with Crippen LogP contribution in [0.3, 0.4) is 0 Å². The van der Waals surface area contributed by atoms with Gasteiger partial charge in [0.1, 0.15) is 0 Å². The molecule has 0 saturated heterocycles. The van der Waals surface area contributed by atoms with Crippen molar-refractivity contribution in [1.82, 2.24) is 4.90 Å². The summed E-state index contributed by atoms with van der Waals surface area (Å²) in [5, 5.41) is 8.69. The zero-order valence-electron chi connectivity index (χ0n) is 11.8. The average molecular weight is 275 g/mol. The molecule has 1 unspecified atom stereocenters. The molecule has 0 bridgehead atoms. The Hall–Kier alpha value is -1.90. The fourth-order valence-corrected chi connectivity index (χ4v) is 2.00. The van der Waals surface area contributed by atoms with Crippen molar-refractivity contribution in [3.8, 4) is 6.07 Å². The molecule has 1 aromatic rings. The fourth-order valence-electron chi connectivity index (χ4n) is 2.00. The number of nitrogens with two attached hydrogens (primary N) is 1. The third-order valence-electron chi connectivity index (χ3n) is 3.11. The van der Waals surface area contributed by atoms with Gasteiger partial charge in [0, 0.05) is 26.7 Å². The van der Waals surface area contributed by atoms with Gasteiger partial charge in [-0.05, 0) is 5.56 Å². The molecule has 20 heavy (non-hydrogen) atoms.